The van der Waals surface area contributed by atoms with Crippen molar-refractivity contribution in [2.75, 3.05) is 13.1 Å². The van der Waals surface area contributed by atoms with Crippen LogP contribution in [0.5, 0.6) is 0 Å². The highest BCUT2D eigenvalue weighted by molar-refractivity contribution is 7.13. The van der Waals surface area contributed by atoms with Gasteiger partial charge in [-0.3, -0.25) is 14.6 Å². The predicted octanol–water partition coefficient (Wildman–Crippen LogP) is 1.68. The summed E-state index contributed by atoms with van der Waals surface area (Å²) in [7, 11) is 0. The highest BCUT2D eigenvalue weighted by atomic mass is 32.1. The molecule has 0 aliphatic carbocycles. The molecule has 0 aromatic carbocycles. The molecule has 2 aromatic heterocycles. The molecule has 110 valence electrons. The van der Waals surface area contributed by atoms with Crippen molar-refractivity contribution in [1.29, 1.82) is 0 Å². The fourth-order valence-electron chi connectivity index (χ4n) is 1.82. The van der Waals surface area contributed by atoms with Gasteiger partial charge < -0.3 is 10.0 Å². The van der Waals surface area contributed by atoms with Crippen LogP contribution < -0.4 is 0 Å². The van der Waals surface area contributed by atoms with Crippen molar-refractivity contribution < 1.29 is 14.7 Å². The van der Waals surface area contributed by atoms with E-state index in [1.54, 1.807) is 19.3 Å². The van der Waals surface area contributed by atoms with Crippen LogP contribution in [-0.4, -0.2) is 44.9 Å². The minimum atomic E-state index is -1.01. The van der Waals surface area contributed by atoms with Crippen molar-refractivity contribution in [2.24, 2.45) is 0 Å². The first-order valence-electron chi connectivity index (χ1n) is 6.44. The van der Waals surface area contributed by atoms with Gasteiger partial charge in [-0.15, -0.1) is 11.3 Å². The van der Waals surface area contributed by atoms with Crippen LogP contribution >= 0.6 is 11.3 Å². The molecular formula is C14H15N3O3S. The zero-order valence-electron chi connectivity index (χ0n) is 11.5. The number of amides is 1. The molecule has 6 nitrogen and oxygen atoms in total. The van der Waals surface area contributed by atoms with Gasteiger partial charge in [0, 0.05) is 29.9 Å². The van der Waals surface area contributed by atoms with E-state index in [1.165, 1.54) is 16.2 Å². The van der Waals surface area contributed by atoms with Crippen LogP contribution in [0.15, 0.2) is 29.9 Å². The lowest BCUT2D eigenvalue weighted by atomic mass is 10.2. The Hall–Kier alpha value is -2.28. The number of aliphatic carboxylic acids is 1. The number of carboxylic acid groups (broad SMARTS) is 1. The number of nitrogens with zero attached hydrogens (tertiary/aromatic N) is 3. The van der Waals surface area contributed by atoms with Crippen LogP contribution in [0.25, 0.3) is 10.6 Å². The predicted molar refractivity (Wildman–Crippen MR) is 78.9 cm³/mol. The van der Waals surface area contributed by atoms with Crippen LogP contribution in [0.2, 0.25) is 0 Å². The number of hydrogen-bond acceptors (Lipinski definition) is 5. The average molecular weight is 305 g/mol. The number of carbonyl (C=O) groups is 2. The van der Waals surface area contributed by atoms with Crippen molar-refractivity contribution in [2.45, 2.75) is 13.3 Å². The molecule has 0 saturated carbocycles. The van der Waals surface area contributed by atoms with Crippen molar-refractivity contribution in [3.8, 4) is 10.6 Å². The van der Waals surface area contributed by atoms with E-state index < -0.39 is 5.97 Å². The standard InChI is InChI=1S/C14H15N3O3S/c1-2-17(8-13(19)20)12(18)6-11-9-21-14(16-11)10-4-3-5-15-7-10/h3-5,7,9H,2,6,8H2,1H3,(H,19,20). The molecule has 0 saturated heterocycles. The fraction of sp³-hybridized carbons (Fsp3) is 0.286. The summed E-state index contributed by atoms with van der Waals surface area (Å²) in [5, 5.41) is 11.4. The molecule has 0 radical (unpaired) electrons. The van der Waals surface area contributed by atoms with Gasteiger partial charge in [0.1, 0.15) is 11.6 Å². The Labute approximate surface area is 126 Å². The number of aromatic nitrogens is 2. The molecule has 0 atom stereocenters. The minimum Gasteiger partial charge on any atom is -0.480 e. The third-order valence-corrected chi connectivity index (χ3v) is 3.79. The summed E-state index contributed by atoms with van der Waals surface area (Å²) in [4.78, 5) is 32.5. The Balaban J connectivity index is 2.05. The summed E-state index contributed by atoms with van der Waals surface area (Å²) in [6, 6.07) is 3.73. The first kappa shape index (κ1) is 15.1. The van der Waals surface area contributed by atoms with E-state index in [1.807, 2.05) is 17.5 Å². The van der Waals surface area contributed by atoms with Gasteiger partial charge >= 0.3 is 5.97 Å². The van der Waals surface area contributed by atoms with Gasteiger partial charge in [0.2, 0.25) is 5.91 Å². The second-order valence-corrected chi connectivity index (χ2v) is 5.22. The quantitative estimate of drug-likeness (QED) is 0.878. The van der Waals surface area contributed by atoms with Gasteiger partial charge in [-0.05, 0) is 19.1 Å². The number of pyridine rings is 1. The molecule has 21 heavy (non-hydrogen) atoms. The highest BCUT2D eigenvalue weighted by Gasteiger charge is 2.17. The first-order chi connectivity index (χ1) is 10.1. The molecule has 2 heterocycles. The van der Waals surface area contributed by atoms with Gasteiger partial charge in [0.25, 0.3) is 0 Å². The number of hydrogen-bond donors (Lipinski definition) is 1. The van der Waals surface area contributed by atoms with Crippen molar-refractivity contribution in [3.05, 3.63) is 35.6 Å². The Morgan fingerprint density at radius 1 is 1.43 bits per heavy atom. The molecule has 2 aromatic rings. The smallest absolute Gasteiger partial charge is 0.323 e. The van der Waals surface area contributed by atoms with Gasteiger partial charge in [-0.1, -0.05) is 0 Å². The van der Waals surface area contributed by atoms with Gasteiger partial charge in [-0.25, -0.2) is 4.98 Å². The van der Waals surface area contributed by atoms with E-state index in [4.69, 9.17) is 5.11 Å². The largest absolute Gasteiger partial charge is 0.480 e. The van der Waals surface area contributed by atoms with Crippen LogP contribution in [0.4, 0.5) is 0 Å². The minimum absolute atomic E-state index is 0.109. The van der Waals surface area contributed by atoms with Crippen LogP contribution in [0.1, 0.15) is 12.6 Å². The molecule has 0 fully saturated rings. The monoisotopic (exact) mass is 305 g/mol. The maximum absolute atomic E-state index is 12.0. The number of likely N-dealkylation sites (N-methyl/N-ethyl adjacent to an activating group) is 1. The third-order valence-electron chi connectivity index (χ3n) is 2.85. The lowest BCUT2D eigenvalue weighted by molar-refractivity contribution is -0.144. The summed E-state index contributed by atoms with van der Waals surface area (Å²) < 4.78 is 0. The SMILES string of the molecule is CCN(CC(=O)O)C(=O)Cc1csc(-c2cccnc2)n1. The first-order valence-corrected chi connectivity index (χ1v) is 7.32. The molecule has 0 unspecified atom stereocenters. The maximum atomic E-state index is 12.0. The Kier molecular flexibility index (Phi) is 4.99. The maximum Gasteiger partial charge on any atom is 0.323 e. The Morgan fingerprint density at radius 2 is 2.24 bits per heavy atom. The summed E-state index contributed by atoms with van der Waals surface area (Å²) in [5.74, 6) is -1.25. The molecule has 7 heteroatoms. The lowest BCUT2D eigenvalue weighted by Gasteiger charge is -2.17. The number of rotatable bonds is 6. The average Bonchev–Trinajstić information content (AvgIpc) is 2.94. The highest BCUT2D eigenvalue weighted by Crippen LogP contribution is 2.22. The Bertz CT molecular complexity index is 627. The van der Waals surface area contributed by atoms with Crippen LogP contribution in [-0.2, 0) is 16.0 Å². The molecule has 0 spiro atoms. The lowest BCUT2D eigenvalue weighted by Crippen LogP contribution is -2.36. The van der Waals surface area contributed by atoms with E-state index in [9.17, 15) is 9.59 Å². The van der Waals surface area contributed by atoms with Crippen LogP contribution in [0, 0.1) is 0 Å². The van der Waals surface area contributed by atoms with E-state index in [2.05, 4.69) is 9.97 Å². The van der Waals surface area contributed by atoms with Crippen molar-refractivity contribution in [3.63, 3.8) is 0 Å². The number of carboxylic acids is 1. The van der Waals surface area contributed by atoms with Gasteiger partial charge in [0.05, 0.1) is 12.1 Å². The van der Waals surface area contributed by atoms with E-state index in [-0.39, 0.29) is 18.9 Å². The van der Waals surface area contributed by atoms with E-state index in [0.717, 1.165) is 10.6 Å². The summed E-state index contributed by atoms with van der Waals surface area (Å²) >= 11 is 1.44. The normalized spacial score (nSPS) is 10.3. The van der Waals surface area contributed by atoms with E-state index in [0.29, 0.717) is 12.2 Å². The van der Waals surface area contributed by atoms with E-state index >= 15 is 0 Å². The molecule has 0 bridgehead atoms. The summed E-state index contributed by atoms with van der Waals surface area (Å²) in [5.41, 5.74) is 1.55. The zero-order valence-corrected chi connectivity index (χ0v) is 12.3. The molecule has 2 rings (SSSR count). The summed E-state index contributed by atoms with van der Waals surface area (Å²) in [6.45, 7) is 1.84. The second kappa shape index (κ2) is 6.94. The topological polar surface area (TPSA) is 83.4 Å². The Morgan fingerprint density at radius 3 is 2.86 bits per heavy atom. The molecule has 1 N–H and O–H groups in total. The molecule has 1 amide bonds. The zero-order chi connectivity index (χ0) is 15.2. The van der Waals surface area contributed by atoms with Crippen molar-refractivity contribution >= 4 is 23.2 Å². The second-order valence-electron chi connectivity index (χ2n) is 4.36. The molecule has 0 aliphatic heterocycles. The summed E-state index contributed by atoms with van der Waals surface area (Å²) in [6.07, 6.45) is 3.51. The van der Waals surface area contributed by atoms with Crippen LogP contribution in [0.3, 0.4) is 0 Å². The fourth-order valence-corrected chi connectivity index (χ4v) is 2.63. The van der Waals surface area contributed by atoms with Crippen molar-refractivity contribution in [1.82, 2.24) is 14.9 Å². The number of carbonyl (C=O) groups excluding carboxylic acids is 1. The van der Waals surface area contributed by atoms with Gasteiger partial charge in [0.15, 0.2) is 0 Å². The molecular weight excluding hydrogens is 290 g/mol. The van der Waals surface area contributed by atoms with Gasteiger partial charge in [-0.2, -0.15) is 0 Å². The molecule has 0 aliphatic rings. The third kappa shape index (κ3) is 4.09. The number of thiazole rings is 1.